The molecule has 2 N–H and O–H groups in total. The van der Waals surface area contributed by atoms with Gasteiger partial charge in [-0.2, -0.15) is 0 Å². The number of hydrogen-bond acceptors (Lipinski definition) is 3. The van der Waals surface area contributed by atoms with Gasteiger partial charge in [0, 0.05) is 17.5 Å². The van der Waals surface area contributed by atoms with Crippen molar-refractivity contribution in [3.63, 3.8) is 0 Å². The zero-order valence-corrected chi connectivity index (χ0v) is 9.14. The smallest absolute Gasteiger partial charge is 0.126 e. The average Bonchev–Trinajstić information content (AvgIpc) is 2.70. The minimum absolute atomic E-state index is 0.197. The van der Waals surface area contributed by atoms with Gasteiger partial charge in [0.15, 0.2) is 0 Å². The summed E-state index contributed by atoms with van der Waals surface area (Å²) in [5, 5.41) is 2.71. The van der Waals surface area contributed by atoms with Gasteiger partial charge < -0.3 is 5.73 Å². The number of nitrogens with zero attached hydrogens (tertiary/aromatic N) is 1. The van der Waals surface area contributed by atoms with Gasteiger partial charge in [0.2, 0.25) is 0 Å². The van der Waals surface area contributed by atoms with Crippen LogP contribution in [0.5, 0.6) is 0 Å². The number of hydrogen-bond donors (Lipinski definition) is 1. The van der Waals surface area contributed by atoms with Gasteiger partial charge in [-0.05, 0) is 18.6 Å². The van der Waals surface area contributed by atoms with Crippen LogP contribution >= 0.6 is 11.3 Å². The van der Waals surface area contributed by atoms with Crippen LogP contribution in [-0.4, -0.2) is 4.98 Å². The summed E-state index contributed by atoms with van der Waals surface area (Å²) in [5.74, 6) is -0.197. The summed E-state index contributed by atoms with van der Waals surface area (Å²) in [6.07, 6.45) is 0. The molecule has 2 aromatic rings. The molecule has 0 saturated carbocycles. The fraction of sp³-hybridized carbons (Fsp3) is 0.182. The van der Waals surface area contributed by atoms with Gasteiger partial charge >= 0.3 is 0 Å². The molecule has 2 nitrogen and oxygen atoms in total. The van der Waals surface area contributed by atoms with Crippen molar-refractivity contribution < 1.29 is 4.39 Å². The fourth-order valence-electron chi connectivity index (χ4n) is 1.26. The van der Waals surface area contributed by atoms with E-state index in [1.165, 1.54) is 17.4 Å². The van der Waals surface area contributed by atoms with Crippen molar-refractivity contribution >= 4 is 11.3 Å². The molecule has 1 aromatic heterocycles. The second-order valence-corrected chi connectivity index (χ2v) is 4.17. The third-order valence-electron chi connectivity index (χ3n) is 2.18. The lowest BCUT2D eigenvalue weighted by molar-refractivity contribution is 0.619. The highest BCUT2D eigenvalue weighted by Crippen LogP contribution is 2.25. The lowest BCUT2D eigenvalue weighted by Gasteiger charge is -1.99. The monoisotopic (exact) mass is 222 g/mol. The Balaban J connectivity index is 2.40. The third kappa shape index (κ3) is 2.06. The summed E-state index contributed by atoms with van der Waals surface area (Å²) in [6, 6.07) is 5.14. The van der Waals surface area contributed by atoms with Gasteiger partial charge in [-0.3, -0.25) is 0 Å². The zero-order valence-electron chi connectivity index (χ0n) is 8.33. The highest BCUT2D eigenvalue weighted by molar-refractivity contribution is 7.13. The van der Waals surface area contributed by atoms with E-state index >= 15 is 0 Å². The minimum Gasteiger partial charge on any atom is -0.325 e. The van der Waals surface area contributed by atoms with E-state index in [4.69, 9.17) is 5.73 Å². The summed E-state index contributed by atoms with van der Waals surface area (Å²) in [6.45, 7) is 2.16. The predicted octanol–water partition coefficient (Wildman–Crippen LogP) is 2.72. The Kier molecular flexibility index (Phi) is 2.79. The zero-order chi connectivity index (χ0) is 10.8. The van der Waals surface area contributed by atoms with Gasteiger partial charge in [0.25, 0.3) is 0 Å². The standard InChI is InChI=1S/C11H11FN2S/c1-7-2-3-8(4-10(7)12)11-14-9(5-13)6-15-11/h2-4,6H,5,13H2,1H3. The maximum atomic E-state index is 13.3. The van der Waals surface area contributed by atoms with Crippen LogP contribution in [0.2, 0.25) is 0 Å². The molecule has 0 saturated heterocycles. The first-order valence-corrected chi connectivity index (χ1v) is 5.49. The summed E-state index contributed by atoms with van der Waals surface area (Å²) in [7, 11) is 0. The summed E-state index contributed by atoms with van der Waals surface area (Å²) < 4.78 is 13.3. The molecule has 78 valence electrons. The van der Waals surface area contributed by atoms with Crippen LogP contribution in [-0.2, 0) is 6.54 Å². The summed E-state index contributed by atoms with van der Waals surface area (Å²) >= 11 is 1.48. The number of thiazole rings is 1. The summed E-state index contributed by atoms with van der Waals surface area (Å²) in [5.41, 5.74) is 7.76. The molecular formula is C11H11FN2S. The van der Waals surface area contributed by atoms with Crippen LogP contribution in [0.25, 0.3) is 10.6 Å². The molecule has 0 aliphatic carbocycles. The molecule has 0 aliphatic rings. The van der Waals surface area contributed by atoms with Crippen LogP contribution in [0, 0.1) is 12.7 Å². The van der Waals surface area contributed by atoms with Gasteiger partial charge in [0.05, 0.1) is 5.69 Å². The van der Waals surface area contributed by atoms with Crippen LogP contribution in [0.3, 0.4) is 0 Å². The first kappa shape index (κ1) is 10.3. The third-order valence-corrected chi connectivity index (χ3v) is 3.12. The van der Waals surface area contributed by atoms with Gasteiger partial charge in [-0.15, -0.1) is 11.3 Å². The number of rotatable bonds is 2. The Labute approximate surface area is 91.6 Å². The Morgan fingerprint density at radius 3 is 2.87 bits per heavy atom. The van der Waals surface area contributed by atoms with Crippen molar-refractivity contribution in [1.82, 2.24) is 4.98 Å². The number of halogens is 1. The lowest BCUT2D eigenvalue weighted by Crippen LogP contribution is -1.95. The predicted molar refractivity (Wildman–Crippen MR) is 60.1 cm³/mol. The Hall–Kier alpha value is -1.26. The minimum atomic E-state index is -0.197. The fourth-order valence-corrected chi connectivity index (χ4v) is 2.09. The van der Waals surface area contributed by atoms with Crippen molar-refractivity contribution in [3.8, 4) is 10.6 Å². The highest BCUT2D eigenvalue weighted by Gasteiger charge is 2.05. The number of benzene rings is 1. The second kappa shape index (κ2) is 4.08. The molecule has 4 heteroatoms. The normalized spacial score (nSPS) is 10.6. The van der Waals surface area contributed by atoms with Gasteiger partial charge in [-0.1, -0.05) is 12.1 Å². The quantitative estimate of drug-likeness (QED) is 0.848. The first-order chi connectivity index (χ1) is 7.20. The molecule has 1 aromatic carbocycles. The molecule has 0 radical (unpaired) electrons. The van der Waals surface area contributed by atoms with Crippen molar-refractivity contribution in [2.24, 2.45) is 5.73 Å². The molecule has 0 amide bonds. The molecule has 0 atom stereocenters. The van der Waals surface area contributed by atoms with Crippen LogP contribution in [0.15, 0.2) is 23.6 Å². The van der Waals surface area contributed by atoms with Crippen molar-refractivity contribution in [2.75, 3.05) is 0 Å². The largest absolute Gasteiger partial charge is 0.325 e. The molecule has 15 heavy (non-hydrogen) atoms. The molecule has 0 aliphatic heterocycles. The topological polar surface area (TPSA) is 38.9 Å². The first-order valence-electron chi connectivity index (χ1n) is 4.61. The van der Waals surface area contributed by atoms with Crippen molar-refractivity contribution in [2.45, 2.75) is 13.5 Å². The van der Waals surface area contributed by atoms with Crippen molar-refractivity contribution in [3.05, 3.63) is 40.7 Å². The Bertz CT molecular complexity index is 479. The van der Waals surface area contributed by atoms with E-state index in [1.54, 1.807) is 13.0 Å². The maximum absolute atomic E-state index is 13.3. The number of aromatic nitrogens is 1. The Morgan fingerprint density at radius 1 is 1.47 bits per heavy atom. The molecule has 0 fully saturated rings. The molecular weight excluding hydrogens is 211 g/mol. The van der Waals surface area contributed by atoms with Gasteiger partial charge in [-0.25, -0.2) is 9.37 Å². The molecule has 0 spiro atoms. The second-order valence-electron chi connectivity index (χ2n) is 3.31. The van der Waals surface area contributed by atoms with E-state index in [1.807, 2.05) is 11.4 Å². The van der Waals surface area contributed by atoms with E-state index in [2.05, 4.69) is 4.98 Å². The lowest BCUT2D eigenvalue weighted by atomic mass is 10.1. The SMILES string of the molecule is Cc1ccc(-c2nc(CN)cs2)cc1F. The Morgan fingerprint density at radius 2 is 2.27 bits per heavy atom. The van der Waals surface area contributed by atoms with E-state index in [0.717, 1.165) is 16.3 Å². The van der Waals surface area contributed by atoms with Gasteiger partial charge in [0.1, 0.15) is 10.8 Å². The van der Waals surface area contributed by atoms with Crippen LogP contribution in [0.4, 0.5) is 4.39 Å². The van der Waals surface area contributed by atoms with Crippen molar-refractivity contribution in [1.29, 1.82) is 0 Å². The van der Waals surface area contributed by atoms with E-state index in [0.29, 0.717) is 12.1 Å². The van der Waals surface area contributed by atoms with Crippen LogP contribution < -0.4 is 5.73 Å². The molecule has 0 unspecified atom stereocenters. The summed E-state index contributed by atoms with van der Waals surface area (Å²) in [4.78, 5) is 4.30. The number of aryl methyl sites for hydroxylation is 1. The average molecular weight is 222 g/mol. The molecule has 0 bridgehead atoms. The molecule has 1 heterocycles. The highest BCUT2D eigenvalue weighted by atomic mass is 32.1. The van der Waals surface area contributed by atoms with E-state index < -0.39 is 0 Å². The number of nitrogens with two attached hydrogens (primary N) is 1. The van der Waals surface area contributed by atoms with E-state index in [9.17, 15) is 4.39 Å². The van der Waals surface area contributed by atoms with E-state index in [-0.39, 0.29) is 5.82 Å². The van der Waals surface area contributed by atoms with Crippen LogP contribution in [0.1, 0.15) is 11.3 Å². The maximum Gasteiger partial charge on any atom is 0.126 e. The molecule has 2 rings (SSSR count).